The van der Waals surface area contributed by atoms with E-state index >= 15 is 0 Å². The van der Waals surface area contributed by atoms with E-state index in [1.165, 1.54) is 6.07 Å². The monoisotopic (exact) mass is 310 g/mol. The summed E-state index contributed by atoms with van der Waals surface area (Å²) in [5.41, 5.74) is 1.67. The van der Waals surface area contributed by atoms with E-state index in [2.05, 4.69) is 26.1 Å². The molecule has 3 N–H and O–H groups in total. The quantitative estimate of drug-likeness (QED) is 0.813. The molecule has 0 radical (unpaired) electrons. The van der Waals surface area contributed by atoms with E-state index < -0.39 is 5.97 Å². The minimum Gasteiger partial charge on any atom is -0.507 e. The SMILES string of the molecule is CCc1cc(Br)cc(-c2cc(C(=O)O)[nH]n2)c1O. The van der Waals surface area contributed by atoms with Crippen molar-refractivity contribution in [2.75, 3.05) is 0 Å². The lowest BCUT2D eigenvalue weighted by atomic mass is 10.0. The molecule has 1 heterocycles. The zero-order valence-corrected chi connectivity index (χ0v) is 11.2. The van der Waals surface area contributed by atoms with E-state index in [9.17, 15) is 9.90 Å². The zero-order valence-electron chi connectivity index (χ0n) is 9.57. The number of aromatic nitrogens is 2. The Kier molecular flexibility index (Phi) is 3.38. The van der Waals surface area contributed by atoms with Crippen LogP contribution >= 0.6 is 15.9 Å². The molecule has 0 amide bonds. The molecule has 5 nitrogen and oxygen atoms in total. The molecule has 6 heteroatoms. The van der Waals surface area contributed by atoms with Gasteiger partial charge in [-0.25, -0.2) is 4.79 Å². The Bertz CT molecular complexity index is 607. The molecule has 94 valence electrons. The Morgan fingerprint density at radius 2 is 2.17 bits per heavy atom. The third-order valence-electron chi connectivity index (χ3n) is 2.62. The van der Waals surface area contributed by atoms with Gasteiger partial charge >= 0.3 is 5.97 Å². The molecule has 0 atom stereocenters. The molecule has 0 bridgehead atoms. The van der Waals surface area contributed by atoms with Crippen LogP contribution in [0.4, 0.5) is 0 Å². The number of carboxylic acids is 1. The molecule has 1 aromatic carbocycles. The Labute approximate surface area is 112 Å². The maximum absolute atomic E-state index is 10.8. The van der Waals surface area contributed by atoms with Crippen LogP contribution in [0, 0.1) is 0 Å². The summed E-state index contributed by atoms with van der Waals surface area (Å²) in [5.74, 6) is -0.955. The summed E-state index contributed by atoms with van der Waals surface area (Å²) in [6.07, 6.45) is 0.675. The van der Waals surface area contributed by atoms with Crippen LogP contribution in [0.1, 0.15) is 23.0 Å². The van der Waals surface area contributed by atoms with Gasteiger partial charge < -0.3 is 10.2 Å². The van der Waals surface area contributed by atoms with Crippen molar-refractivity contribution >= 4 is 21.9 Å². The van der Waals surface area contributed by atoms with E-state index in [0.29, 0.717) is 17.7 Å². The van der Waals surface area contributed by atoms with Gasteiger partial charge in [-0.1, -0.05) is 22.9 Å². The average molecular weight is 311 g/mol. The highest BCUT2D eigenvalue weighted by Crippen LogP contribution is 2.34. The van der Waals surface area contributed by atoms with E-state index in [1.807, 2.05) is 13.0 Å². The first-order chi connectivity index (χ1) is 8.52. The first-order valence-electron chi connectivity index (χ1n) is 5.33. The van der Waals surface area contributed by atoms with Crippen molar-refractivity contribution in [3.63, 3.8) is 0 Å². The fourth-order valence-corrected chi connectivity index (χ4v) is 2.19. The molecular formula is C12H11BrN2O3. The van der Waals surface area contributed by atoms with Crippen LogP contribution in [0.5, 0.6) is 5.75 Å². The summed E-state index contributed by atoms with van der Waals surface area (Å²) in [5, 5.41) is 25.2. The van der Waals surface area contributed by atoms with Crippen molar-refractivity contribution in [3.05, 3.63) is 33.9 Å². The predicted octanol–water partition coefficient (Wildman–Crippen LogP) is 2.81. The Hall–Kier alpha value is -1.82. The molecule has 0 aliphatic rings. The van der Waals surface area contributed by atoms with Crippen molar-refractivity contribution in [2.24, 2.45) is 0 Å². The summed E-state index contributed by atoms with van der Waals surface area (Å²) >= 11 is 3.36. The second-order valence-corrected chi connectivity index (χ2v) is 4.70. The number of halogens is 1. The van der Waals surface area contributed by atoms with Crippen molar-refractivity contribution < 1.29 is 15.0 Å². The number of benzene rings is 1. The van der Waals surface area contributed by atoms with Crippen molar-refractivity contribution in [3.8, 4) is 17.0 Å². The van der Waals surface area contributed by atoms with Gasteiger partial charge in [-0.05, 0) is 30.2 Å². The number of carbonyl (C=O) groups is 1. The van der Waals surface area contributed by atoms with Crippen LogP contribution in [-0.2, 0) is 6.42 Å². The number of nitrogens with zero attached hydrogens (tertiary/aromatic N) is 1. The third-order valence-corrected chi connectivity index (χ3v) is 3.08. The molecule has 0 unspecified atom stereocenters. The summed E-state index contributed by atoms with van der Waals surface area (Å²) in [6, 6.07) is 4.92. The number of aryl methyl sites for hydroxylation is 1. The minimum atomic E-state index is -1.08. The summed E-state index contributed by atoms with van der Waals surface area (Å²) in [4.78, 5) is 10.8. The average Bonchev–Trinajstić information content (AvgIpc) is 2.81. The molecular weight excluding hydrogens is 300 g/mol. The molecule has 0 saturated heterocycles. The maximum atomic E-state index is 10.8. The normalized spacial score (nSPS) is 10.6. The number of phenolic OH excluding ortho intramolecular Hbond substituents is 1. The second kappa shape index (κ2) is 4.81. The molecule has 2 aromatic rings. The standard InChI is InChI=1S/C12H11BrN2O3/c1-2-6-3-7(13)4-8(11(6)16)9-5-10(12(17)18)15-14-9/h3-5,16H,2H2,1H3,(H,14,15)(H,17,18). The summed E-state index contributed by atoms with van der Waals surface area (Å²) in [6.45, 7) is 1.93. The maximum Gasteiger partial charge on any atom is 0.353 e. The van der Waals surface area contributed by atoms with Crippen LogP contribution < -0.4 is 0 Å². The Morgan fingerprint density at radius 3 is 2.72 bits per heavy atom. The largest absolute Gasteiger partial charge is 0.507 e. The van der Waals surface area contributed by atoms with Gasteiger partial charge in [0.2, 0.25) is 0 Å². The van der Waals surface area contributed by atoms with Crippen molar-refractivity contribution in [2.45, 2.75) is 13.3 Å². The first-order valence-corrected chi connectivity index (χ1v) is 6.12. The highest BCUT2D eigenvalue weighted by molar-refractivity contribution is 9.10. The molecule has 0 aliphatic heterocycles. The van der Waals surface area contributed by atoms with E-state index in [-0.39, 0.29) is 11.4 Å². The fourth-order valence-electron chi connectivity index (χ4n) is 1.69. The predicted molar refractivity (Wildman–Crippen MR) is 69.7 cm³/mol. The molecule has 0 aliphatic carbocycles. The van der Waals surface area contributed by atoms with Gasteiger partial charge in [-0.15, -0.1) is 0 Å². The smallest absolute Gasteiger partial charge is 0.353 e. The number of rotatable bonds is 3. The van der Waals surface area contributed by atoms with Gasteiger partial charge in [-0.2, -0.15) is 5.10 Å². The molecule has 0 saturated carbocycles. The van der Waals surface area contributed by atoms with Gasteiger partial charge in [0, 0.05) is 10.0 Å². The zero-order chi connectivity index (χ0) is 13.3. The Balaban J connectivity index is 2.55. The molecule has 1 aromatic heterocycles. The second-order valence-electron chi connectivity index (χ2n) is 3.79. The van der Waals surface area contributed by atoms with E-state index in [1.54, 1.807) is 6.07 Å². The van der Waals surface area contributed by atoms with Crippen molar-refractivity contribution in [1.82, 2.24) is 10.2 Å². The summed E-state index contributed by atoms with van der Waals surface area (Å²) < 4.78 is 0.812. The number of hydrogen-bond acceptors (Lipinski definition) is 3. The van der Waals surface area contributed by atoms with Gasteiger partial charge in [0.25, 0.3) is 0 Å². The lowest BCUT2D eigenvalue weighted by Crippen LogP contribution is -1.95. The minimum absolute atomic E-state index is 0.0116. The number of H-pyrrole nitrogens is 1. The molecule has 0 fully saturated rings. The van der Waals surface area contributed by atoms with Crippen molar-refractivity contribution in [1.29, 1.82) is 0 Å². The molecule has 0 spiro atoms. The van der Waals surface area contributed by atoms with Crippen LogP contribution in [0.15, 0.2) is 22.7 Å². The Morgan fingerprint density at radius 1 is 1.44 bits per heavy atom. The van der Waals surface area contributed by atoms with Gasteiger partial charge in [0.1, 0.15) is 11.4 Å². The molecule has 18 heavy (non-hydrogen) atoms. The van der Waals surface area contributed by atoms with Crippen LogP contribution in [0.3, 0.4) is 0 Å². The third kappa shape index (κ3) is 2.24. The first kappa shape index (κ1) is 12.6. The van der Waals surface area contributed by atoms with E-state index in [4.69, 9.17) is 5.11 Å². The van der Waals surface area contributed by atoms with E-state index in [0.717, 1.165) is 10.0 Å². The number of aromatic amines is 1. The van der Waals surface area contributed by atoms with Gasteiger partial charge in [0.05, 0.1) is 5.69 Å². The molecule has 2 rings (SSSR count). The highest BCUT2D eigenvalue weighted by atomic mass is 79.9. The number of hydrogen-bond donors (Lipinski definition) is 3. The number of carboxylic acid groups (broad SMARTS) is 1. The fraction of sp³-hybridized carbons (Fsp3) is 0.167. The number of nitrogens with one attached hydrogen (secondary N) is 1. The number of aromatic carboxylic acids is 1. The lowest BCUT2D eigenvalue weighted by Gasteiger charge is -2.07. The van der Waals surface area contributed by atoms with Crippen LogP contribution in [0.25, 0.3) is 11.3 Å². The van der Waals surface area contributed by atoms with Crippen LogP contribution in [0.2, 0.25) is 0 Å². The number of phenols is 1. The van der Waals surface area contributed by atoms with Gasteiger partial charge in [0.15, 0.2) is 0 Å². The number of aromatic hydroxyl groups is 1. The lowest BCUT2D eigenvalue weighted by molar-refractivity contribution is 0.0690. The van der Waals surface area contributed by atoms with Gasteiger partial charge in [-0.3, -0.25) is 5.10 Å². The highest BCUT2D eigenvalue weighted by Gasteiger charge is 2.15. The topological polar surface area (TPSA) is 86.2 Å². The summed E-state index contributed by atoms with van der Waals surface area (Å²) in [7, 11) is 0. The van der Waals surface area contributed by atoms with Crippen LogP contribution in [-0.4, -0.2) is 26.4 Å².